The van der Waals surface area contributed by atoms with Crippen LogP contribution in [-0.4, -0.2) is 13.3 Å². The zero-order chi connectivity index (χ0) is 5.86. The van der Waals surface area contributed by atoms with E-state index in [1.165, 1.54) is 6.08 Å². The fourth-order valence-corrected chi connectivity index (χ4v) is 0.247. The molecule has 0 bridgehead atoms. The van der Waals surface area contributed by atoms with Gasteiger partial charge in [-0.1, -0.05) is 6.08 Å². The van der Waals surface area contributed by atoms with Gasteiger partial charge in [-0.2, -0.15) is 12.6 Å². The Morgan fingerprint density at radius 2 is 2.43 bits per heavy atom. The summed E-state index contributed by atoms with van der Waals surface area (Å²) in [4.78, 5) is 0. The molecule has 42 valence electrons. The molecule has 0 radical (unpaired) electrons. The summed E-state index contributed by atoms with van der Waals surface area (Å²) in [6, 6.07) is 0. The third-order valence-electron chi connectivity index (χ3n) is 0.408. The van der Waals surface area contributed by atoms with Crippen LogP contribution in [0.15, 0.2) is 12.7 Å². The Hall–Kier alpha value is 0.200. The summed E-state index contributed by atoms with van der Waals surface area (Å²) in [7, 11) is 0. The highest BCUT2D eigenvalue weighted by Crippen LogP contribution is 1.97. The summed E-state index contributed by atoms with van der Waals surface area (Å²) in [6.07, 6.45) is 1.30. The van der Waals surface area contributed by atoms with Gasteiger partial charge in [0.25, 0.3) is 0 Å². The Morgan fingerprint density at radius 1 is 2.00 bits per heavy atom. The maximum absolute atomic E-state index is 9.89. The number of thiol groups is 1. The Balaban J connectivity index is 3.55. The van der Waals surface area contributed by atoms with Gasteiger partial charge < -0.3 is 4.55 Å². The second kappa shape index (κ2) is 3.23. The third kappa shape index (κ3) is 2.85. The van der Waals surface area contributed by atoms with E-state index in [0.29, 0.717) is 0 Å². The van der Waals surface area contributed by atoms with E-state index in [9.17, 15) is 4.21 Å². The van der Waals surface area contributed by atoms with Crippen molar-refractivity contribution in [2.24, 2.45) is 0 Å². The lowest BCUT2D eigenvalue weighted by atomic mass is 10.8. The van der Waals surface area contributed by atoms with Crippen LogP contribution in [0, 0.1) is 0 Å². The molecule has 0 spiro atoms. The molecule has 0 aliphatic rings. The highest BCUT2D eigenvalue weighted by molar-refractivity contribution is 7.98. The van der Waals surface area contributed by atoms with E-state index in [1.54, 1.807) is 0 Å². The summed E-state index contributed by atoms with van der Waals surface area (Å²) in [5, 5.41) is 0. The highest BCUT2D eigenvalue weighted by Gasteiger charge is 2.00. The van der Waals surface area contributed by atoms with Gasteiger partial charge in [-0.25, -0.2) is 4.21 Å². The second-order valence-corrected chi connectivity index (χ2v) is 2.87. The summed E-state index contributed by atoms with van der Waals surface area (Å²) < 4.78 is 17.4. The van der Waals surface area contributed by atoms with Crippen molar-refractivity contribution in [1.29, 1.82) is 0 Å². The topological polar surface area (TPSA) is 37.3 Å². The van der Waals surface area contributed by atoms with Crippen LogP contribution in [0.25, 0.3) is 0 Å². The third-order valence-corrected chi connectivity index (χ3v) is 1.77. The van der Waals surface area contributed by atoms with Gasteiger partial charge in [0.05, 0.1) is 0 Å². The fraction of sp³-hybridized carbons (Fsp3) is 0.333. The van der Waals surface area contributed by atoms with Crippen LogP contribution in [0.4, 0.5) is 0 Å². The van der Waals surface area contributed by atoms with Crippen LogP contribution in [0.1, 0.15) is 0 Å². The van der Waals surface area contributed by atoms with Gasteiger partial charge >= 0.3 is 0 Å². The minimum Gasteiger partial charge on any atom is -0.305 e. The summed E-state index contributed by atoms with van der Waals surface area (Å²) >= 11 is 1.79. The van der Waals surface area contributed by atoms with Gasteiger partial charge in [-0.05, 0) is 0 Å². The Morgan fingerprint density at radius 3 is 2.43 bits per heavy atom. The van der Waals surface area contributed by atoms with Gasteiger partial charge in [0.1, 0.15) is 4.58 Å². The molecular formula is C3H6O2S2. The van der Waals surface area contributed by atoms with Crippen molar-refractivity contribution in [3.8, 4) is 0 Å². The van der Waals surface area contributed by atoms with Crippen molar-refractivity contribution in [1.82, 2.24) is 0 Å². The molecule has 0 amide bonds. The van der Waals surface area contributed by atoms with Gasteiger partial charge in [0.2, 0.25) is 0 Å². The molecule has 0 aliphatic carbocycles. The van der Waals surface area contributed by atoms with Crippen molar-refractivity contribution < 1.29 is 8.76 Å². The van der Waals surface area contributed by atoms with Crippen LogP contribution in [0.2, 0.25) is 0 Å². The standard InChI is InChI=1S/C3H6O2S2/c1-2-3(6)7(4)5/h2-3,6H,1H2,(H,4,5). The van der Waals surface area contributed by atoms with Crippen LogP contribution >= 0.6 is 12.6 Å². The first-order chi connectivity index (χ1) is 3.18. The molecule has 0 saturated heterocycles. The zero-order valence-electron chi connectivity index (χ0n) is 3.57. The largest absolute Gasteiger partial charge is 0.305 e. The van der Waals surface area contributed by atoms with E-state index >= 15 is 0 Å². The molecule has 0 heterocycles. The lowest BCUT2D eigenvalue weighted by Gasteiger charge is -1.92. The zero-order valence-corrected chi connectivity index (χ0v) is 5.28. The molecule has 0 aliphatic heterocycles. The molecule has 0 aromatic carbocycles. The molecule has 2 unspecified atom stereocenters. The molecule has 0 aromatic rings. The van der Waals surface area contributed by atoms with E-state index in [2.05, 4.69) is 19.2 Å². The molecule has 4 heteroatoms. The molecule has 0 saturated carbocycles. The second-order valence-electron chi connectivity index (χ2n) is 0.902. The molecular weight excluding hydrogens is 132 g/mol. The van der Waals surface area contributed by atoms with Crippen LogP contribution in [-0.2, 0) is 11.1 Å². The quantitative estimate of drug-likeness (QED) is 0.334. The van der Waals surface area contributed by atoms with E-state index in [-0.39, 0.29) is 0 Å². The van der Waals surface area contributed by atoms with Crippen LogP contribution in [0.5, 0.6) is 0 Å². The fourth-order valence-electron chi connectivity index (χ4n) is 0.0823. The summed E-state index contributed by atoms with van der Waals surface area (Å²) in [5.74, 6) is 0. The summed E-state index contributed by atoms with van der Waals surface area (Å²) in [5.41, 5.74) is 0. The van der Waals surface area contributed by atoms with Crippen LogP contribution < -0.4 is 0 Å². The first-order valence-electron chi connectivity index (χ1n) is 1.58. The van der Waals surface area contributed by atoms with Crippen molar-refractivity contribution in [2.75, 3.05) is 0 Å². The van der Waals surface area contributed by atoms with Gasteiger partial charge in [-0.3, -0.25) is 0 Å². The number of hydrogen-bond donors (Lipinski definition) is 2. The monoisotopic (exact) mass is 138 g/mol. The number of hydrogen-bond acceptors (Lipinski definition) is 2. The molecule has 0 rings (SSSR count). The lowest BCUT2D eigenvalue weighted by molar-refractivity contribution is 0.565. The van der Waals surface area contributed by atoms with E-state index < -0.39 is 15.7 Å². The van der Waals surface area contributed by atoms with E-state index in [0.717, 1.165) is 0 Å². The molecule has 7 heavy (non-hydrogen) atoms. The van der Waals surface area contributed by atoms with Gasteiger partial charge in [-0.15, -0.1) is 6.58 Å². The Labute approximate surface area is 50.3 Å². The molecule has 1 N–H and O–H groups in total. The minimum absolute atomic E-state index is 0.611. The molecule has 2 nitrogen and oxygen atoms in total. The number of rotatable bonds is 2. The SMILES string of the molecule is C=CC(S)S(=O)O. The van der Waals surface area contributed by atoms with Gasteiger partial charge in [0, 0.05) is 0 Å². The Kier molecular flexibility index (Phi) is 3.33. The van der Waals surface area contributed by atoms with E-state index in [4.69, 9.17) is 4.55 Å². The predicted octanol–water partition coefficient (Wildman–Crippen LogP) is 0.650. The maximum atomic E-state index is 9.89. The van der Waals surface area contributed by atoms with Crippen LogP contribution in [0.3, 0.4) is 0 Å². The molecule has 2 atom stereocenters. The average Bonchev–Trinajstić information content (AvgIpc) is 1.65. The maximum Gasteiger partial charge on any atom is 0.170 e. The van der Waals surface area contributed by atoms with Crippen molar-refractivity contribution in [3.63, 3.8) is 0 Å². The van der Waals surface area contributed by atoms with Crippen molar-refractivity contribution in [2.45, 2.75) is 4.58 Å². The molecule has 0 aromatic heterocycles. The minimum atomic E-state index is -1.86. The van der Waals surface area contributed by atoms with E-state index in [1.807, 2.05) is 0 Å². The normalized spacial score (nSPS) is 18.0. The first-order valence-corrected chi connectivity index (χ1v) is 3.27. The molecule has 0 fully saturated rings. The lowest BCUT2D eigenvalue weighted by Crippen LogP contribution is -2.00. The van der Waals surface area contributed by atoms with Crippen molar-refractivity contribution in [3.05, 3.63) is 12.7 Å². The van der Waals surface area contributed by atoms with Crippen molar-refractivity contribution >= 4 is 23.7 Å². The Bertz CT molecular complexity index is 90.9. The predicted molar refractivity (Wildman–Crippen MR) is 33.7 cm³/mol. The smallest absolute Gasteiger partial charge is 0.170 e. The van der Waals surface area contributed by atoms with Gasteiger partial charge in [0.15, 0.2) is 11.1 Å². The average molecular weight is 138 g/mol. The first kappa shape index (κ1) is 7.20. The highest BCUT2D eigenvalue weighted by atomic mass is 32.2. The summed E-state index contributed by atoms with van der Waals surface area (Å²) in [6.45, 7) is 3.25.